The normalized spacial score (nSPS) is 16.8. The molecule has 5 rings (SSSR count). The lowest BCUT2D eigenvalue weighted by Gasteiger charge is -2.27. The number of hydrogen-bond donors (Lipinski definition) is 2. The van der Waals surface area contributed by atoms with Gasteiger partial charge in [-0.3, -0.25) is 4.79 Å². The minimum absolute atomic E-state index is 0.0874. The Labute approximate surface area is 212 Å². The van der Waals surface area contributed by atoms with Gasteiger partial charge in [-0.15, -0.1) is 11.3 Å². The Hall–Kier alpha value is -3.76. The molecule has 36 heavy (non-hydrogen) atoms. The lowest BCUT2D eigenvalue weighted by Crippen LogP contribution is -2.38. The summed E-state index contributed by atoms with van der Waals surface area (Å²) in [4.78, 5) is 29.4. The Kier molecular flexibility index (Phi) is 6.46. The van der Waals surface area contributed by atoms with Gasteiger partial charge in [0.1, 0.15) is 16.9 Å². The molecular formula is C26H27N3O6S. The van der Waals surface area contributed by atoms with Crippen LogP contribution in [0.5, 0.6) is 23.0 Å². The fourth-order valence-electron chi connectivity index (χ4n) is 4.53. The highest BCUT2D eigenvalue weighted by atomic mass is 32.1. The molecule has 0 aliphatic carbocycles. The minimum atomic E-state index is -0.579. The van der Waals surface area contributed by atoms with Crippen molar-refractivity contribution >= 4 is 28.2 Å². The SMILES string of the molecule is COc1cc(C(=O)Oc2cccc(C3NC(=O)c4c(sc5c4CCN(C)C5)N3)c2)cc(OC)c1OC. The summed E-state index contributed by atoms with van der Waals surface area (Å²) < 4.78 is 21.6. The molecule has 0 radical (unpaired) electrons. The largest absolute Gasteiger partial charge is 0.493 e. The van der Waals surface area contributed by atoms with Crippen LogP contribution in [0, 0.1) is 0 Å². The van der Waals surface area contributed by atoms with Crippen molar-refractivity contribution in [3.05, 3.63) is 63.5 Å². The van der Waals surface area contributed by atoms with Crippen molar-refractivity contribution < 1.29 is 28.5 Å². The van der Waals surface area contributed by atoms with Gasteiger partial charge in [0.2, 0.25) is 5.75 Å². The maximum atomic E-state index is 13.0. The molecule has 2 aliphatic heterocycles. The number of hydrogen-bond acceptors (Lipinski definition) is 9. The number of carbonyl (C=O) groups excluding carboxylic acids is 2. The Bertz CT molecular complexity index is 1310. The molecule has 2 N–H and O–H groups in total. The van der Waals surface area contributed by atoms with Crippen LogP contribution in [0.4, 0.5) is 5.00 Å². The molecule has 3 heterocycles. The number of likely N-dealkylation sites (N-methyl/N-ethyl adjacent to an activating group) is 1. The molecule has 0 saturated heterocycles. The number of thiophene rings is 1. The zero-order chi connectivity index (χ0) is 25.4. The van der Waals surface area contributed by atoms with Crippen LogP contribution < -0.4 is 29.6 Å². The van der Waals surface area contributed by atoms with Gasteiger partial charge >= 0.3 is 5.97 Å². The summed E-state index contributed by atoms with van der Waals surface area (Å²) in [5.74, 6) is 0.777. The first-order valence-corrected chi connectivity index (χ1v) is 12.3. The monoisotopic (exact) mass is 509 g/mol. The van der Waals surface area contributed by atoms with E-state index in [1.54, 1.807) is 29.5 Å². The molecule has 188 valence electrons. The van der Waals surface area contributed by atoms with Crippen LogP contribution in [0.3, 0.4) is 0 Å². The molecule has 1 amide bonds. The Morgan fingerprint density at radius 1 is 1.06 bits per heavy atom. The van der Waals surface area contributed by atoms with Gasteiger partial charge in [-0.25, -0.2) is 4.79 Å². The van der Waals surface area contributed by atoms with Crippen LogP contribution in [0.2, 0.25) is 0 Å². The molecular weight excluding hydrogens is 482 g/mol. The van der Waals surface area contributed by atoms with Gasteiger partial charge in [0.15, 0.2) is 11.5 Å². The first kappa shape index (κ1) is 24.0. The van der Waals surface area contributed by atoms with Gasteiger partial charge in [0.25, 0.3) is 5.91 Å². The summed E-state index contributed by atoms with van der Waals surface area (Å²) in [7, 11) is 6.54. The number of fused-ring (bicyclic) bond motifs is 3. The maximum absolute atomic E-state index is 13.0. The average molecular weight is 510 g/mol. The number of ether oxygens (including phenoxy) is 4. The molecule has 1 unspecified atom stereocenters. The number of carbonyl (C=O) groups is 2. The number of nitrogens with one attached hydrogen (secondary N) is 2. The van der Waals surface area contributed by atoms with E-state index in [9.17, 15) is 9.59 Å². The number of amides is 1. The molecule has 3 aromatic rings. The molecule has 2 aliphatic rings. The summed E-state index contributed by atoms with van der Waals surface area (Å²) in [5.41, 5.74) is 2.92. The smallest absolute Gasteiger partial charge is 0.343 e. The molecule has 10 heteroatoms. The van der Waals surface area contributed by atoms with E-state index in [4.69, 9.17) is 18.9 Å². The van der Waals surface area contributed by atoms with Crippen LogP contribution in [-0.4, -0.2) is 51.7 Å². The first-order chi connectivity index (χ1) is 17.4. The van der Waals surface area contributed by atoms with E-state index >= 15 is 0 Å². The Morgan fingerprint density at radius 2 is 1.81 bits per heavy atom. The van der Waals surface area contributed by atoms with Crippen LogP contribution in [0.1, 0.15) is 42.9 Å². The number of rotatable bonds is 6. The van der Waals surface area contributed by atoms with E-state index < -0.39 is 12.1 Å². The lowest BCUT2D eigenvalue weighted by molar-refractivity contribution is 0.0733. The van der Waals surface area contributed by atoms with E-state index in [0.717, 1.165) is 41.2 Å². The Morgan fingerprint density at radius 3 is 2.50 bits per heavy atom. The molecule has 0 saturated carbocycles. The van der Waals surface area contributed by atoms with Gasteiger partial charge in [0, 0.05) is 18.0 Å². The van der Waals surface area contributed by atoms with Crippen molar-refractivity contribution in [2.24, 2.45) is 0 Å². The fourth-order valence-corrected chi connectivity index (χ4v) is 5.89. The van der Waals surface area contributed by atoms with Gasteiger partial charge in [-0.05, 0) is 48.9 Å². The zero-order valence-corrected chi connectivity index (χ0v) is 21.3. The molecule has 1 aromatic heterocycles. The summed E-state index contributed by atoms with van der Waals surface area (Å²) >= 11 is 1.63. The molecule has 0 fully saturated rings. The van der Waals surface area contributed by atoms with Crippen molar-refractivity contribution in [1.82, 2.24) is 10.2 Å². The molecule has 0 bridgehead atoms. The molecule has 2 aromatic carbocycles. The van der Waals surface area contributed by atoms with E-state index in [0.29, 0.717) is 23.0 Å². The molecule has 0 spiro atoms. The van der Waals surface area contributed by atoms with Crippen LogP contribution >= 0.6 is 11.3 Å². The number of esters is 1. The molecule has 1 atom stereocenters. The number of benzene rings is 2. The minimum Gasteiger partial charge on any atom is -0.493 e. The number of nitrogens with zero attached hydrogens (tertiary/aromatic N) is 1. The third-order valence-electron chi connectivity index (χ3n) is 6.33. The van der Waals surface area contributed by atoms with Crippen LogP contribution in [-0.2, 0) is 13.0 Å². The average Bonchev–Trinajstić information content (AvgIpc) is 3.25. The van der Waals surface area contributed by atoms with E-state index in [-0.39, 0.29) is 11.5 Å². The molecule has 9 nitrogen and oxygen atoms in total. The second kappa shape index (κ2) is 9.71. The summed E-state index contributed by atoms with van der Waals surface area (Å²) in [6.07, 6.45) is 0.423. The predicted octanol–water partition coefficient (Wildman–Crippen LogP) is 3.84. The van der Waals surface area contributed by atoms with E-state index in [2.05, 4.69) is 22.6 Å². The number of methoxy groups -OCH3 is 3. The van der Waals surface area contributed by atoms with Gasteiger partial charge in [-0.2, -0.15) is 0 Å². The summed E-state index contributed by atoms with van der Waals surface area (Å²) in [6, 6.07) is 10.2. The van der Waals surface area contributed by atoms with Crippen molar-refractivity contribution in [3.8, 4) is 23.0 Å². The van der Waals surface area contributed by atoms with E-state index in [1.807, 2.05) is 6.07 Å². The summed E-state index contributed by atoms with van der Waals surface area (Å²) in [6.45, 7) is 1.78. The highest BCUT2D eigenvalue weighted by molar-refractivity contribution is 7.16. The predicted molar refractivity (Wildman–Crippen MR) is 136 cm³/mol. The van der Waals surface area contributed by atoms with E-state index in [1.165, 1.54) is 38.3 Å². The maximum Gasteiger partial charge on any atom is 0.343 e. The fraction of sp³-hybridized carbons (Fsp3) is 0.308. The summed E-state index contributed by atoms with van der Waals surface area (Å²) in [5, 5.41) is 7.38. The quantitative estimate of drug-likeness (QED) is 0.382. The zero-order valence-electron chi connectivity index (χ0n) is 20.5. The highest BCUT2D eigenvalue weighted by Gasteiger charge is 2.33. The lowest BCUT2D eigenvalue weighted by atomic mass is 10.0. The topological polar surface area (TPSA) is 98.4 Å². The highest BCUT2D eigenvalue weighted by Crippen LogP contribution is 2.41. The van der Waals surface area contributed by atoms with Crippen molar-refractivity contribution in [2.45, 2.75) is 19.1 Å². The van der Waals surface area contributed by atoms with Crippen molar-refractivity contribution in [1.29, 1.82) is 0 Å². The van der Waals surface area contributed by atoms with Gasteiger partial charge in [0.05, 0.1) is 32.5 Å². The second-order valence-electron chi connectivity index (χ2n) is 8.62. The third-order valence-corrected chi connectivity index (χ3v) is 7.48. The number of anilines is 1. The second-order valence-corrected chi connectivity index (χ2v) is 9.73. The van der Waals surface area contributed by atoms with Gasteiger partial charge < -0.3 is 34.5 Å². The van der Waals surface area contributed by atoms with Gasteiger partial charge in [-0.1, -0.05) is 12.1 Å². The third kappa shape index (κ3) is 4.33. The first-order valence-electron chi connectivity index (χ1n) is 11.4. The van der Waals surface area contributed by atoms with Crippen LogP contribution in [0.15, 0.2) is 36.4 Å². The van der Waals surface area contributed by atoms with Crippen molar-refractivity contribution in [2.75, 3.05) is 40.2 Å². The Balaban J connectivity index is 1.37. The standard InChI is InChI=1S/C26H27N3O6S/c1-29-9-8-17-20(13-29)36-25-21(17)24(30)27-23(28-25)14-6-5-7-16(10-14)35-26(31)15-11-18(32-2)22(34-4)19(12-15)33-3/h5-7,10-12,23,28H,8-9,13H2,1-4H3,(H,27,30). The van der Waals surface area contributed by atoms with Crippen LogP contribution in [0.25, 0.3) is 0 Å². The van der Waals surface area contributed by atoms with Crippen molar-refractivity contribution in [3.63, 3.8) is 0 Å².